The Balaban J connectivity index is 2.44. The highest BCUT2D eigenvalue weighted by molar-refractivity contribution is 7.17. The Kier molecular flexibility index (Phi) is 2.86. The minimum Gasteiger partial charge on any atom is -0.480 e. The second-order valence-electron chi connectivity index (χ2n) is 4.57. The van der Waals surface area contributed by atoms with Crippen LogP contribution < -0.4 is 5.56 Å². The number of carboxylic acids is 1. The summed E-state index contributed by atoms with van der Waals surface area (Å²) in [7, 11) is 0. The Bertz CT molecular complexity index is 874. The van der Waals surface area contributed by atoms with E-state index in [1.807, 2.05) is 22.8 Å². The summed E-state index contributed by atoms with van der Waals surface area (Å²) in [5.41, 5.74) is 1.05. The quantitative estimate of drug-likeness (QED) is 0.800. The van der Waals surface area contributed by atoms with Gasteiger partial charge in [-0.1, -0.05) is 6.92 Å². The number of aryl methyl sites for hydroxylation is 1. The van der Waals surface area contributed by atoms with Gasteiger partial charge in [0.1, 0.15) is 11.3 Å². The molecule has 3 heterocycles. The van der Waals surface area contributed by atoms with Gasteiger partial charge in [0.05, 0.1) is 10.2 Å². The van der Waals surface area contributed by atoms with E-state index < -0.39 is 12.0 Å². The summed E-state index contributed by atoms with van der Waals surface area (Å²) in [5.74, 6) is -0.388. The average molecular weight is 291 g/mol. The van der Waals surface area contributed by atoms with Crippen molar-refractivity contribution in [2.75, 3.05) is 0 Å². The van der Waals surface area contributed by atoms with E-state index in [-0.39, 0.29) is 5.56 Å². The molecule has 1 N–H and O–H groups in total. The fraction of sp³-hybridized carbons (Fsp3) is 0.308. The van der Waals surface area contributed by atoms with Gasteiger partial charge in [0.25, 0.3) is 5.56 Å². The van der Waals surface area contributed by atoms with E-state index in [9.17, 15) is 9.59 Å². The van der Waals surface area contributed by atoms with E-state index >= 15 is 0 Å². The number of carboxylic acid groups (broad SMARTS) is 1. The first-order valence-electron chi connectivity index (χ1n) is 6.27. The predicted octanol–water partition coefficient (Wildman–Crippen LogP) is 1.92. The number of hydrogen-bond acceptors (Lipinski definition) is 4. The first-order chi connectivity index (χ1) is 9.54. The first-order valence-corrected chi connectivity index (χ1v) is 7.15. The zero-order chi connectivity index (χ0) is 14.4. The Hall–Kier alpha value is -2.15. The number of aromatic nitrogens is 3. The van der Waals surface area contributed by atoms with Gasteiger partial charge in [0.15, 0.2) is 6.04 Å². The maximum Gasteiger partial charge on any atom is 0.328 e. The average Bonchev–Trinajstić information content (AvgIpc) is 2.99. The van der Waals surface area contributed by atoms with E-state index in [1.165, 1.54) is 6.92 Å². The van der Waals surface area contributed by atoms with Gasteiger partial charge in [-0.2, -0.15) is 5.10 Å². The van der Waals surface area contributed by atoms with Crippen LogP contribution in [0.2, 0.25) is 0 Å². The zero-order valence-corrected chi connectivity index (χ0v) is 11.8. The molecule has 0 saturated heterocycles. The molecule has 104 valence electrons. The van der Waals surface area contributed by atoms with Crippen molar-refractivity contribution >= 4 is 33.0 Å². The second kappa shape index (κ2) is 4.45. The van der Waals surface area contributed by atoms with Crippen molar-refractivity contribution < 1.29 is 9.90 Å². The molecule has 0 amide bonds. The van der Waals surface area contributed by atoms with Crippen molar-refractivity contribution in [3.05, 3.63) is 33.7 Å². The van der Waals surface area contributed by atoms with Crippen LogP contribution in [0.3, 0.4) is 0 Å². The van der Waals surface area contributed by atoms with Crippen LogP contribution in [-0.4, -0.2) is 25.3 Å². The lowest BCUT2D eigenvalue weighted by atomic mass is 10.3. The summed E-state index contributed by atoms with van der Waals surface area (Å²) in [6, 6.07) is 2.76. The number of aliphatic carboxylic acids is 1. The number of hydrogen-bond donors (Lipinski definition) is 1. The third-order valence-corrected chi connectivity index (χ3v) is 4.23. The molecule has 20 heavy (non-hydrogen) atoms. The predicted molar refractivity (Wildman–Crippen MR) is 76.6 cm³/mol. The van der Waals surface area contributed by atoms with Crippen molar-refractivity contribution in [2.24, 2.45) is 0 Å². The SMILES string of the molecule is CCc1nn([C@H](C)C(=O)O)c(=O)c2cc3sccc3n12. The van der Waals surface area contributed by atoms with Crippen LogP contribution >= 0.6 is 11.3 Å². The number of nitrogens with zero attached hydrogens (tertiary/aromatic N) is 3. The Labute approximate surface area is 117 Å². The molecule has 0 aromatic carbocycles. The number of fused-ring (bicyclic) bond motifs is 3. The molecule has 1 atom stereocenters. The van der Waals surface area contributed by atoms with Crippen molar-refractivity contribution in [3.63, 3.8) is 0 Å². The molecule has 0 saturated carbocycles. The summed E-state index contributed by atoms with van der Waals surface area (Å²) in [5, 5.41) is 15.3. The molecule has 3 rings (SSSR count). The van der Waals surface area contributed by atoms with Crippen LogP contribution in [0, 0.1) is 0 Å². The van der Waals surface area contributed by atoms with Crippen molar-refractivity contribution in [3.8, 4) is 0 Å². The van der Waals surface area contributed by atoms with Crippen LogP contribution in [0.1, 0.15) is 25.7 Å². The normalized spacial score (nSPS) is 13.1. The van der Waals surface area contributed by atoms with Gasteiger partial charge >= 0.3 is 5.97 Å². The standard InChI is InChI=1S/C13H13N3O3S/c1-3-11-14-16(7(2)13(18)19)12(17)9-6-10-8(15(9)11)4-5-20-10/h4-7H,3H2,1-2H3,(H,18,19)/t7-/m1/s1. The molecule has 7 heteroatoms. The van der Waals surface area contributed by atoms with Crippen molar-refractivity contribution in [1.82, 2.24) is 14.2 Å². The van der Waals surface area contributed by atoms with Crippen LogP contribution in [-0.2, 0) is 11.2 Å². The van der Waals surface area contributed by atoms with Gasteiger partial charge in [-0.05, 0) is 24.4 Å². The van der Waals surface area contributed by atoms with E-state index in [0.29, 0.717) is 17.8 Å². The topological polar surface area (TPSA) is 76.6 Å². The highest BCUT2D eigenvalue weighted by Gasteiger charge is 2.20. The lowest BCUT2D eigenvalue weighted by molar-refractivity contribution is -0.140. The smallest absolute Gasteiger partial charge is 0.328 e. The lowest BCUT2D eigenvalue weighted by Crippen LogP contribution is -2.32. The number of carbonyl (C=O) groups is 1. The van der Waals surface area contributed by atoms with Gasteiger partial charge in [0, 0.05) is 6.42 Å². The van der Waals surface area contributed by atoms with Crippen LogP contribution in [0.25, 0.3) is 15.7 Å². The van der Waals surface area contributed by atoms with Gasteiger partial charge in [-0.3, -0.25) is 9.20 Å². The van der Waals surface area contributed by atoms with Crippen molar-refractivity contribution in [1.29, 1.82) is 0 Å². The van der Waals surface area contributed by atoms with E-state index in [0.717, 1.165) is 14.9 Å². The molecule has 3 aromatic heterocycles. The van der Waals surface area contributed by atoms with E-state index in [1.54, 1.807) is 17.4 Å². The minimum absolute atomic E-state index is 0.375. The summed E-state index contributed by atoms with van der Waals surface area (Å²) in [6.45, 7) is 3.39. The number of rotatable bonds is 3. The number of thiophene rings is 1. The molecule has 0 aliphatic carbocycles. The first kappa shape index (κ1) is 12.9. The molecule has 0 unspecified atom stereocenters. The largest absolute Gasteiger partial charge is 0.480 e. The molecular weight excluding hydrogens is 278 g/mol. The second-order valence-corrected chi connectivity index (χ2v) is 5.52. The minimum atomic E-state index is -1.07. The molecule has 0 aliphatic heterocycles. The highest BCUT2D eigenvalue weighted by Crippen LogP contribution is 2.25. The van der Waals surface area contributed by atoms with Gasteiger partial charge < -0.3 is 5.11 Å². The molecule has 0 radical (unpaired) electrons. The maximum atomic E-state index is 12.4. The summed E-state index contributed by atoms with van der Waals surface area (Å²) < 4.78 is 3.87. The molecule has 0 bridgehead atoms. The van der Waals surface area contributed by atoms with Crippen LogP contribution in [0.5, 0.6) is 0 Å². The molecule has 6 nitrogen and oxygen atoms in total. The summed E-state index contributed by atoms with van der Waals surface area (Å²) in [6.07, 6.45) is 0.614. The molecule has 0 aliphatic rings. The van der Waals surface area contributed by atoms with Crippen molar-refractivity contribution in [2.45, 2.75) is 26.3 Å². The molecule has 0 spiro atoms. The van der Waals surface area contributed by atoms with Crippen LogP contribution in [0.4, 0.5) is 0 Å². The Morgan fingerprint density at radius 2 is 2.25 bits per heavy atom. The van der Waals surface area contributed by atoms with E-state index in [4.69, 9.17) is 5.11 Å². The van der Waals surface area contributed by atoms with Crippen LogP contribution in [0.15, 0.2) is 22.3 Å². The third-order valence-electron chi connectivity index (χ3n) is 3.37. The highest BCUT2D eigenvalue weighted by atomic mass is 32.1. The molecular formula is C13H13N3O3S. The van der Waals surface area contributed by atoms with Gasteiger partial charge in [-0.25, -0.2) is 9.48 Å². The monoisotopic (exact) mass is 291 g/mol. The Morgan fingerprint density at radius 3 is 2.90 bits per heavy atom. The molecule has 3 aromatic rings. The lowest BCUT2D eigenvalue weighted by Gasteiger charge is -2.12. The fourth-order valence-electron chi connectivity index (χ4n) is 2.29. The zero-order valence-electron chi connectivity index (χ0n) is 11.0. The summed E-state index contributed by atoms with van der Waals surface area (Å²) >= 11 is 1.55. The fourth-order valence-corrected chi connectivity index (χ4v) is 3.09. The Morgan fingerprint density at radius 1 is 1.50 bits per heavy atom. The van der Waals surface area contributed by atoms with Gasteiger partial charge in [-0.15, -0.1) is 11.3 Å². The maximum absolute atomic E-state index is 12.4. The third kappa shape index (κ3) is 1.66. The van der Waals surface area contributed by atoms with E-state index in [2.05, 4.69) is 5.10 Å². The molecule has 0 fully saturated rings. The summed E-state index contributed by atoms with van der Waals surface area (Å²) in [4.78, 5) is 23.5. The van der Waals surface area contributed by atoms with Gasteiger partial charge in [0.2, 0.25) is 0 Å².